The van der Waals surface area contributed by atoms with Crippen molar-refractivity contribution in [3.63, 3.8) is 0 Å². The maximum atomic E-state index is 13.6. The molecule has 0 unspecified atom stereocenters. The Morgan fingerprint density at radius 1 is 0.864 bits per heavy atom. The van der Waals surface area contributed by atoms with Gasteiger partial charge in [-0.3, -0.25) is 19.1 Å². The minimum atomic E-state index is -0.643. The molecule has 5 rings (SSSR count). The number of hydrogen-bond acceptors (Lipinski definition) is 7. The van der Waals surface area contributed by atoms with Crippen LogP contribution in [0.1, 0.15) is 60.1 Å². The average molecular weight is 608 g/mol. The van der Waals surface area contributed by atoms with Crippen molar-refractivity contribution in [3.8, 4) is 0 Å². The third-order valence-electron chi connectivity index (χ3n) is 8.75. The summed E-state index contributed by atoms with van der Waals surface area (Å²) in [6, 6.07) is 6.35. The maximum Gasteiger partial charge on any atom is 0.408 e. The Bertz CT molecular complexity index is 1410. The first-order valence-electron chi connectivity index (χ1n) is 15.6. The number of alkyl carbamates (subject to hydrolysis) is 1. The Hall–Kier alpha value is -4.09. The number of aromatic nitrogens is 2. The molecule has 2 aliphatic heterocycles. The molecule has 1 aromatic heterocycles. The van der Waals surface area contributed by atoms with Gasteiger partial charge in [-0.1, -0.05) is 12.1 Å². The smallest absolute Gasteiger partial charge is 0.408 e. The van der Waals surface area contributed by atoms with Gasteiger partial charge >= 0.3 is 6.09 Å². The fourth-order valence-electron chi connectivity index (χ4n) is 6.20. The van der Waals surface area contributed by atoms with Gasteiger partial charge in [0.15, 0.2) is 5.69 Å². The topological polar surface area (TPSA) is 120 Å². The summed E-state index contributed by atoms with van der Waals surface area (Å²) in [5, 5.41) is 7.18. The van der Waals surface area contributed by atoms with Crippen LogP contribution in [0, 0.1) is 13.8 Å². The molecule has 1 N–H and O–H groups in total. The maximum absolute atomic E-state index is 13.6. The molecule has 238 valence electrons. The van der Waals surface area contributed by atoms with Crippen LogP contribution in [0.25, 0.3) is 0 Å². The Balaban J connectivity index is 1.14. The van der Waals surface area contributed by atoms with Crippen molar-refractivity contribution in [2.24, 2.45) is 0 Å². The fraction of sp³-hybridized carbons (Fsp3) is 0.594. The van der Waals surface area contributed by atoms with Crippen molar-refractivity contribution in [2.45, 2.75) is 66.0 Å². The number of anilines is 1. The summed E-state index contributed by atoms with van der Waals surface area (Å²) >= 11 is 0. The van der Waals surface area contributed by atoms with E-state index < -0.39 is 11.7 Å². The van der Waals surface area contributed by atoms with E-state index in [9.17, 15) is 19.2 Å². The number of carbonyl (C=O) groups is 4. The van der Waals surface area contributed by atoms with Crippen LogP contribution < -0.4 is 10.2 Å². The van der Waals surface area contributed by atoms with E-state index in [1.807, 2.05) is 4.90 Å². The van der Waals surface area contributed by atoms with Crippen LogP contribution in [0.5, 0.6) is 0 Å². The highest BCUT2D eigenvalue weighted by atomic mass is 16.6. The summed E-state index contributed by atoms with van der Waals surface area (Å²) in [6.45, 7) is 13.9. The molecule has 12 heteroatoms. The first kappa shape index (κ1) is 31.3. The van der Waals surface area contributed by atoms with Crippen LogP contribution in [0.2, 0.25) is 0 Å². The molecule has 3 aliphatic rings. The van der Waals surface area contributed by atoms with Crippen molar-refractivity contribution in [1.29, 1.82) is 0 Å². The van der Waals surface area contributed by atoms with Gasteiger partial charge in [0.1, 0.15) is 18.7 Å². The molecule has 2 aromatic rings. The number of nitrogens with one attached hydrogen (secondary N) is 1. The zero-order valence-electron chi connectivity index (χ0n) is 26.6. The summed E-state index contributed by atoms with van der Waals surface area (Å²) < 4.78 is 6.94. The monoisotopic (exact) mass is 607 g/mol. The van der Waals surface area contributed by atoms with Crippen LogP contribution in [0.15, 0.2) is 18.2 Å². The second-order valence-corrected chi connectivity index (χ2v) is 12.9. The summed E-state index contributed by atoms with van der Waals surface area (Å²) in [7, 11) is 0. The molecule has 2 fully saturated rings. The average Bonchev–Trinajstić information content (AvgIpc) is 3.60. The van der Waals surface area contributed by atoms with E-state index in [0.717, 1.165) is 43.6 Å². The summed E-state index contributed by atoms with van der Waals surface area (Å²) in [5.74, 6) is -0.356. The molecule has 0 radical (unpaired) electrons. The standard InChI is InChI=1S/C32H45N7O5/c1-22-8-6-10-25(23(22)2)35-12-14-37(15-13-35)28(41)21-39-26-11-7-9-24(26)29(34-39)30(42)38-18-16-36(17-19-38)27(40)20-33-31(43)44-32(3,4)5/h6,8,10H,7,9,11-21H2,1-5H3,(H,33,43). The number of benzene rings is 1. The van der Waals surface area contributed by atoms with Crippen molar-refractivity contribution in [3.05, 3.63) is 46.3 Å². The summed E-state index contributed by atoms with van der Waals surface area (Å²) in [4.78, 5) is 59.1. The molecule has 2 saturated heterocycles. The molecule has 1 aromatic carbocycles. The molecular formula is C32H45N7O5. The lowest BCUT2D eigenvalue weighted by Gasteiger charge is -2.37. The van der Waals surface area contributed by atoms with Gasteiger partial charge in [0.2, 0.25) is 11.8 Å². The first-order chi connectivity index (χ1) is 20.9. The molecule has 0 saturated carbocycles. The highest BCUT2D eigenvalue weighted by Gasteiger charge is 2.33. The van der Waals surface area contributed by atoms with E-state index in [2.05, 4.69) is 47.4 Å². The Morgan fingerprint density at radius 2 is 1.50 bits per heavy atom. The highest BCUT2D eigenvalue weighted by molar-refractivity contribution is 5.94. The molecule has 0 spiro atoms. The number of carbonyl (C=O) groups excluding carboxylic acids is 4. The lowest BCUT2D eigenvalue weighted by molar-refractivity contribution is -0.132. The van der Waals surface area contributed by atoms with Crippen molar-refractivity contribution < 1.29 is 23.9 Å². The van der Waals surface area contributed by atoms with Gasteiger partial charge in [-0.2, -0.15) is 5.10 Å². The van der Waals surface area contributed by atoms with Crippen LogP contribution in [-0.4, -0.2) is 113 Å². The predicted octanol–water partition coefficient (Wildman–Crippen LogP) is 2.15. The fourth-order valence-corrected chi connectivity index (χ4v) is 6.20. The van der Waals surface area contributed by atoms with E-state index in [-0.39, 0.29) is 30.8 Å². The van der Waals surface area contributed by atoms with Gasteiger partial charge < -0.3 is 29.7 Å². The number of amides is 4. The van der Waals surface area contributed by atoms with Crippen LogP contribution >= 0.6 is 0 Å². The number of ether oxygens (including phenoxy) is 1. The van der Waals surface area contributed by atoms with Gasteiger partial charge in [-0.25, -0.2) is 4.79 Å². The molecule has 3 heterocycles. The second-order valence-electron chi connectivity index (χ2n) is 12.9. The normalized spacial score (nSPS) is 17.0. The van der Waals surface area contributed by atoms with E-state index in [0.29, 0.717) is 45.0 Å². The van der Waals surface area contributed by atoms with Gasteiger partial charge in [0.25, 0.3) is 5.91 Å². The number of fused-ring (bicyclic) bond motifs is 1. The lowest BCUT2D eigenvalue weighted by atomic mass is 10.1. The molecule has 12 nitrogen and oxygen atoms in total. The number of hydrogen-bond donors (Lipinski definition) is 1. The number of piperazine rings is 2. The highest BCUT2D eigenvalue weighted by Crippen LogP contribution is 2.27. The molecule has 4 amide bonds. The second kappa shape index (κ2) is 12.9. The quantitative estimate of drug-likeness (QED) is 0.534. The Morgan fingerprint density at radius 3 is 2.18 bits per heavy atom. The van der Waals surface area contributed by atoms with Gasteiger partial charge in [0.05, 0.1) is 0 Å². The number of nitrogens with zero attached hydrogens (tertiary/aromatic N) is 6. The van der Waals surface area contributed by atoms with Gasteiger partial charge in [0, 0.05) is 69.3 Å². The van der Waals surface area contributed by atoms with E-state index in [1.54, 1.807) is 35.3 Å². The largest absolute Gasteiger partial charge is 0.444 e. The molecule has 0 bridgehead atoms. The van der Waals surface area contributed by atoms with E-state index in [1.165, 1.54) is 16.8 Å². The number of aryl methyl sites for hydroxylation is 1. The van der Waals surface area contributed by atoms with Crippen LogP contribution in [-0.2, 0) is 33.7 Å². The molecule has 1 aliphatic carbocycles. The SMILES string of the molecule is Cc1cccc(N2CCN(C(=O)Cn3nc(C(=O)N4CCN(C(=O)CNC(=O)OC(C)(C)C)CC4)c4c3CCC4)CC2)c1C. The van der Waals surface area contributed by atoms with Gasteiger partial charge in [-0.15, -0.1) is 0 Å². The van der Waals surface area contributed by atoms with Gasteiger partial charge in [-0.05, 0) is 71.1 Å². The summed E-state index contributed by atoms with van der Waals surface area (Å²) in [6.07, 6.45) is 1.87. The minimum Gasteiger partial charge on any atom is -0.444 e. The van der Waals surface area contributed by atoms with Crippen LogP contribution in [0.3, 0.4) is 0 Å². The third kappa shape index (κ3) is 7.00. The van der Waals surface area contributed by atoms with E-state index >= 15 is 0 Å². The molecule has 44 heavy (non-hydrogen) atoms. The van der Waals surface area contributed by atoms with Crippen molar-refractivity contribution in [2.75, 3.05) is 63.8 Å². The Labute approximate surface area is 259 Å². The Kier molecular flexibility index (Phi) is 9.17. The molecular weight excluding hydrogens is 562 g/mol. The zero-order valence-corrected chi connectivity index (χ0v) is 26.6. The molecule has 0 atom stereocenters. The third-order valence-corrected chi connectivity index (χ3v) is 8.75. The lowest BCUT2D eigenvalue weighted by Crippen LogP contribution is -2.53. The minimum absolute atomic E-state index is 0.0222. The number of rotatable bonds is 6. The summed E-state index contributed by atoms with van der Waals surface area (Å²) in [5.41, 5.74) is 5.49. The zero-order chi connectivity index (χ0) is 31.6. The van der Waals surface area contributed by atoms with Crippen molar-refractivity contribution >= 4 is 29.5 Å². The first-order valence-corrected chi connectivity index (χ1v) is 15.6. The predicted molar refractivity (Wildman–Crippen MR) is 166 cm³/mol. The van der Waals surface area contributed by atoms with Crippen LogP contribution in [0.4, 0.5) is 10.5 Å². The van der Waals surface area contributed by atoms with Crippen molar-refractivity contribution in [1.82, 2.24) is 29.8 Å². The van der Waals surface area contributed by atoms with E-state index in [4.69, 9.17) is 4.74 Å².